The van der Waals surface area contributed by atoms with Crippen LogP contribution < -0.4 is 15.9 Å². The maximum absolute atomic E-state index is 14.6. The SMILES string of the molecule is CN(c1cc(F)c(CNC(=O)c2ccc3c(c2)[nH]c(=O)n3C)c(F)c1)C1CC(C(F)(F)F)C1. The lowest BCUT2D eigenvalue weighted by Crippen LogP contribution is -2.47. The molecule has 176 valence electrons. The average Bonchev–Trinajstić information content (AvgIpc) is 2.97. The second-order valence-electron chi connectivity index (χ2n) is 8.27. The number of aryl methyl sites for hydroxylation is 1. The summed E-state index contributed by atoms with van der Waals surface area (Å²) in [5.41, 5.74) is 0.670. The van der Waals surface area contributed by atoms with Gasteiger partial charge >= 0.3 is 11.9 Å². The third-order valence-corrected chi connectivity index (χ3v) is 6.25. The van der Waals surface area contributed by atoms with Gasteiger partial charge in [0.1, 0.15) is 11.6 Å². The number of H-pyrrole nitrogens is 1. The molecule has 0 aliphatic heterocycles. The standard InChI is InChI=1S/C22H21F5N4O2/c1-30(13-6-12(7-13)22(25,26)27)14-8-16(23)15(17(24)9-14)10-28-20(32)11-3-4-19-18(5-11)29-21(33)31(19)2/h3-5,8-9,12-13H,6-7,10H2,1-2H3,(H,28,32)(H,29,33). The summed E-state index contributed by atoms with van der Waals surface area (Å²) in [5, 5.41) is 2.44. The van der Waals surface area contributed by atoms with Crippen molar-refractivity contribution in [3.8, 4) is 0 Å². The highest BCUT2D eigenvalue weighted by molar-refractivity contribution is 5.97. The van der Waals surface area contributed by atoms with Gasteiger partial charge in [-0.2, -0.15) is 13.2 Å². The van der Waals surface area contributed by atoms with Crippen molar-refractivity contribution in [3.05, 3.63) is 63.6 Å². The quantitative estimate of drug-likeness (QED) is 0.559. The predicted molar refractivity (Wildman–Crippen MR) is 112 cm³/mol. The van der Waals surface area contributed by atoms with E-state index in [0.717, 1.165) is 12.1 Å². The molecule has 0 radical (unpaired) electrons. The highest BCUT2D eigenvalue weighted by Gasteiger charge is 2.49. The zero-order valence-electron chi connectivity index (χ0n) is 17.8. The number of carbonyl (C=O) groups is 1. The molecule has 0 saturated heterocycles. The molecule has 3 aromatic rings. The van der Waals surface area contributed by atoms with E-state index in [2.05, 4.69) is 10.3 Å². The van der Waals surface area contributed by atoms with Crippen LogP contribution in [0.25, 0.3) is 11.0 Å². The zero-order chi connectivity index (χ0) is 24.1. The van der Waals surface area contributed by atoms with Crippen LogP contribution in [0.1, 0.15) is 28.8 Å². The van der Waals surface area contributed by atoms with E-state index in [-0.39, 0.29) is 35.3 Å². The van der Waals surface area contributed by atoms with E-state index in [4.69, 9.17) is 0 Å². The summed E-state index contributed by atoms with van der Waals surface area (Å²) >= 11 is 0. The second kappa shape index (κ2) is 8.20. The van der Waals surface area contributed by atoms with Gasteiger partial charge in [0.05, 0.1) is 17.0 Å². The number of benzene rings is 2. The molecular weight excluding hydrogens is 447 g/mol. The average molecular weight is 468 g/mol. The predicted octanol–water partition coefficient (Wildman–Crippen LogP) is 3.85. The monoisotopic (exact) mass is 468 g/mol. The lowest BCUT2D eigenvalue weighted by molar-refractivity contribution is -0.196. The number of rotatable bonds is 5. The Balaban J connectivity index is 1.43. The minimum atomic E-state index is -4.27. The molecule has 33 heavy (non-hydrogen) atoms. The molecule has 4 rings (SSSR count). The summed E-state index contributed by atoms with van der Waals surface area (Å²) in [6.45, 7) is -0.427. The molecule has 1 heterocycles. The van der Waals surface area contributed by atoms with Gasteiger partial charge in [0.2, 0.25) is 0 Å². The highest BCUT2D eigenvalue weighted by atomic mass is 19.4. The number of imidazole rings is 1. The van der Waals surface area contributed by atoms with E-state index in [0.29, 0.717) is 11.0 Å². The van der Waals surface area contributed by atoms with Gasteiger partial charge in [-0.25, -0.2) is 13.6 Å². The molecule has 0 atom stereocenters. The minimum absolute atomic E-state index is 0.127. The largest absolute Gasteiger partial charge is 0.391 e. The van der Waals surface area contributed by atoms with Crippen LogP contribution >= 0.6 is 0 Å². The number of halogens is 5. The summed E-state index contributed by atoms with van der Waals surface area (Å²) < 4.78 is 68.7. The Morgan fingerprint density at radius 2 is 1.82 bits per heavy atom. The fourth-order valence-corrected chi connectivity index (χ4v) is 3.99. The van der Waals surface area contributed by atoms with Crippen LogP contribution in [0.3, 0.4) is 0 Å². The number of carbonyl (C=O) groups excluding carboxylic acids is 1. The van der Waals surface area contributed by atoms with Gasteiger partial charge in [0, 0.05) is 43.5 Å². The van der Waals surface area contributed by atoms with Crippen molar-refractivity contribution in [2.75, 3.05) is 11.9 Å². The molecular formula is C22H21F5N4O2. The van der Waals surface area contributed by atoms with Gasteiger partial charge in [-0.3, -0.25) is 9.36 Å². The number of fused-ring (bicyclic) bond motifs is 1. The normalized spacial score (nSPS) is 18.3. The molecule has 1 aromatic heterocycles. The number of aromatic amines is 1. The molecule has 0 unspecified atom stereocenters. The summed E-state index contributed by atoms with van der Waals surface area (Å²) in [6.07, 6.45) is -4.52. The Bertz CT molecular complexity index is 1250. The van der Waals surface area contributed by atoms with Gasteiger partial charge in [-0.1, -0.05) is 0 Å². The van der Waals surface area contributed by atoms with E-state index in [1.54, 1.807) is 13.1 Å². The number of amides is 1. The molecule has 1 amide bonds. The molecule has 11 heteroatoms. The Morgan fingerprint density at radius 1 is 1.18 bits per heavy atom. The van der Waals surface area contributed by atoms with Crippen molar-refractivity contribution in [1.29, 1.82) is 0 Å². The lowest BCUT2D eigenvalue weighted by Gasteiger charge is -2.43. The molecule has 2 N–H and O–H groups in total. The maximum Gasteiger partial charge on any atom is 0.391 e. The van der Waals surface area contributed by atoms with Crippen molar-refractivity contribution >= 4 is 22.6 Å². The first-order valence-electron chi connectivity index (χ1n) is 10.2. The number of nitrogens with zero attached hydrogens (tertiary/aromatic N) is 2. The summed E-state index contributed by atoms with van der Waals surface area (Å²) in [5.74, 6) is -3.81. The third kappa shape index (κ3) is 4.31. The van der Waals surface area contributed by atoms with Crippen LogP contribution in [0.4, 0.5) is 27.6 Å². The number of hydrogen-bond acceptors (Lipinski definition) is 3. The van der Waals surface area contributed by atoms with Crippen LogP contribution in [-0.4, -0.2) is 34.7 Å². The number of hydrogen-bond donors (Lipinski definition) is 2. The van der Waals surface area contributed by atoms with Gasteiger partial charge < -0.3 is 15.2 Å². The van der Waals surface area contributed by atoms with Crippen LogP contribution in [0, 0.1) is 17.6 Å². The maximum atomic E-state index is 14.6. The Labute approximate surface area is 185 Å². The van der Waals surface area contributed by atoms with Crippen molar-refractivity contribution in [3.63, 3.8) is 0 Å². The molecule has 1 aliphatic carbocycles. The molecule has 6 nitrogen and oxygen atoms in total. The minimum Gasteiger partial charge on any atom is -0.371 e. The fraction of sp³-hybridized carbons (Fsp3) is 0.364. The summed E-state index contributed by atoms with van der Waals surface area (Å²) in [4.78, 5) is 28.2. The van der Waals surface area contributed by atoms with Gasteiger partial charge in [-0.15, -0.1) is 0 Å². The summed E-state index contributed by atoms with van der Waals surface area (Å²) in [6, 6.07) is 6.17. The van der Waals surface area contributed by atoms with Crippen LogP contribution in [0.15, 0.2) is 35.1 Å². The third-order valence-electron chi connectivity index (χ3n) is 6.25. The Morgan fingerprint density at radius 3 is 2.42 bits per heavy atom. The molecule has 2 aromatic carbocycles. The number of anilines is 1. The van der Waals surface area contributed by atoms with E-state index < -0.39 is 42.2 Å². The molecule has 1 saturated carbocycles. The summed E-state index contributed by atoms with van der Waals surface area (Å²) in [7, 11) is 3.07. The van der Waals surface area contributed by atoms with Crippen molar-refractivity contribution in [2.45, 2.75) is 31.6 Å². The molecule has 1 fully saturated rings. The number of alkyl halides is 3. The number of nitrogens with one attached hydrogen (secondary N) is 2. The van der Waals surface area contributed by atoms with Crippen LogP contribution in [0.5, 0.6) is 0 Å². The highest BCUT2D eigenvalue weighted by Crippen LogP contribution is 2.44. The van der Waals surface area contributed by atoms with E-state index in [1.165, 1.54) is 28.6 Å². The van der Waals surface area contributed by atoms with Gasteiger partial charge in [0.15, 0.2) is 0 Å². The zero-order valence-corrected chi connectivity index (χ0v) is 17.8. The van der Waals surface area contributed by atoms with Gasteiger partial charge in [-0.05, 0) is 43.2 Å². The van der Waals surface area contributed by atoms with E-state index >= 15 is 0 Å². The first-order valence-corrected chi connectivity index (χ1v) is 10.2. The van der Waals surface area contributed by atoms with Crippen molar-refractivity contribution in [2.24, 2.45) is 13.0 Å². The fourth-order valence-electron chi connectivity index (χ4n) is 3.99. The lowest BCUT2D eigenvalue weighted by atomic mass is 9.79. The Hall–Kier alpha value is -3.37. The smallest absolute Gasteiger partial charge is 0.371 e. The topological polar surface area (TPSA) is 70.1 Å². The van der Waals surface area contributed by atoms with E-state index in [9.17, 15) is 31.5 Å². The van der Waals surface area contributed by atoms with Crippen molar-refractivity contribution in [1.82, 2.24) is 14.9 Å². The molecule has 1 aliphatic rings. The van der Waals surface area contributed by atoms with Crippen molar-refractivity contribution < 1.29 is 26.7 Å². The molecule has 0 bridgehead atoms. The van der Waals surface area contributed by atoms with Gasteiger partial charge in [0.25, 0.3) is 5.91 Å². The number of aromatic nitrogens is 2. The van der Waals surface area contributed by atoms with Crippen LogP contribution in [-0.2, 0) is 13.6 Å². The second-order valence-corrected chi connectivity index (χ2v) is 8.27. The molecule has 0 spiro atoms. The Kier molecular flexibility index (Phi) is 5.67. The van der Waals surface area contributed by atoms with Crippen LogP contribution in [0.2, 0.25) is 0 Å². The first-order chi connectivity index (χ1) is 15.5. The van der Waals surface area contributed by atoms with E-state index in [1.807, 2.05) is 0 Å². The first kappa shape index (κ1) is 22.8.